The topological polar surface area (TPSA) is 197 Å². The Morgan fingerprint density at radius 3 is 2.08 bits per heavy atom. The molecule has 0 spiro atoms. The molecule has 138 valence electrons. The molecule has 0 radical (unpaired) electrons. The average Bonchev–Trinajstić information content (AvgIpc) is 2.56. The molecule has 2 atom stereocenters. The van der Waals surface area contributed by atoms with E-state index < -0.39 is 48.9 Å². The average molecular weight is 347 g/mol. The van der Waals surface area contributed by atoms with E-state index in [9.17, 15) is 19.2 Å². The third-order valence-corrected chi connectivity index (χ3v) is 3.02. The second-order valence-corrected chi connectivity index (χ2v) is 4.97. The highest BCUT2D eigenvalue weighted by molar-refractivity contribution is 5.91. The number of amides is 3. The predicted molar refractivity (Wildman–Crippen MR) is 83.6 cm³/mol. The van der Waals surface area contributed by atoms with Crippen LogP contribution in [0.5, 0.6) is 0 Å². The van der Waals surface area contributed by atoms with Crippen LogP contribution in [0.2, 0.25) is 0 Å². The summed E-state index contributed by atoms with van der Waals surface area (Å²) in [7, 11) is 0. The lowest BCUT2D eigenvalue weighted by Gasteiger charge is -2.17. The molecule has 9 N–H and O–H groups in total. The Labute approximate surface area is 139 Å². The zero-order chi connectivity index (χ0) is 18.5. The molecular formula is C13H25N5O6. The van der Waals surface area contributed by atoms with Crippen LogP contribution in [0.4, 0.5) is 0 Å². The molecule has 0 aliphatic carbocycles. The smallest absolute Gasteiger partial charge is 0.326 e. The summed E-state index contributed by atoms with van der Waals surface area (Å²) in [6.07, 6.45) is 1.39. The van der Waals surface area contributed by atoms with Gasteiger partial charge in [-0.3, -0.25) is 14.4 Å². The van der Waals surface area contributed by atoms with Gasteiger partial charge in [-0.2, -0.15) is 0 Å². The van der Waals surface area contributed by atoms with Gasteiger partial charge in [-0.1, -0.05) is 0 Å². The summed E-state index contributed by atoms with van der Waals surface area (Å²) in [5.74, 6) is -3.32. The number of carboxylic acids is 1. The Kier molecular flexibility index (Phi) is 11.1. The third kappa shape index (κ3) is 9.02. The molecule has 24 heavy (non-hydrogen) atoms. The molecule has 0 aromatic heterocycles. The first-order chi connectivity index (χ1) is 11.3. The predicted octanol–water partition coefficient (Wildman–Crippen LogP) is -3.76. The van der Waals surface area contributed by atoms with Gasteiger partial charge in [0.2, 0.25) is 17.7 Å². The van der Waals surface area contributed by atoms with Gasteiger partial charge in [0.1, 0.15) is 12.1 Å². The van der Waals surface area contributed by atoms with Gasteiger partial charge in [-0.25, -0.2) is 4.79 Å². The number of aliphatic hydroxyl groups is 1. The van der Waals surface area contributed by atoms with Crippen molar-refractivity contribution in [2.75, 3.05) is 26.2 Å². The first-order valence-corrected chi connectivity index (χ1v) is 7.45. The standard InChI is InChI=1S/C13H25N5O6/c14-4-2-1-3-8(13(23)24)17-11(21)6-16-12(22)9(7-19)18-10(20)5-15/h8-9,19H,1-7,14-15H2,(H,16,22)(H,17,21)(H,18,20)(H,23,24)/t8-,9-/m0/s1. The Bertz CT molecular complexity index is 445. The number of unbranched alkanes of at least 4 members (excludes halogenated alkanes) is 1. The Balaban J connectivity index is 4.35. The molecule has 0 unspecified atom stereocenters. The van der Waals surface area contributed by atoms with Crippen LogP contribution in [-0.4, -0.2) is 72.2 Å². The molecular weight excluding hydrogens is 322 g/mol. The highest BCUT2D eigenvalue weighted by atomic mass is 16.4. The second kappa shape index (κ2) is 12.2. The number of hydrogen-bond acceptors (Lipinski definition) is 7. The largest absolute Gasteiger partial charge is 0.480 e. The molecule has 11 nitrogen and oxygen atoms in total. The zero-order valence-corrected chi connectivity index (χ0v) is 13.3. The number of nitrogens with one attached hydrogen (secondary N) is 3. The first kappa shape index (κ1) is 21.8. The first-order valence-electron chi connectivity index (χ1n) is 7.45. The highest BCUT2D eigenvalue weighted by Gasteiger charge is 2.22. The van der Waals surface area contributed by atoms with Crippen LogP contribution in [0.1, 0.15) is 19.3 Å². The van der Waals surface area contributed by atoms with E-state index in [1.165, 1.54) is 0 Å². The van der Waals surface area contributed by atoms with Gasteiger partial charge in [-0.15, -0.1) is 0 Å². The Morgan fingerprint density at radius 1 is 0.958 bits per heavy atom. The maximum absolute atomic E-state index is 11.7. The molecule has 0 aromatic rings. The third-order valence-electron chi connectivity index (χ3n) is 3.02. The van der Waals surface area contributed by atoms with Crippen LogP contribution < -0.4 is 27.4 Å². The fourth-order valence-corrected chi connectivity index (χ4v) is 1.73. The number of carbonyl (C=O) groups is 4. The number of carboxylic acid groups (broad SMARTS) is 1. The summed E-state index contributed by atoms with van der Waals surface area (Å²) in [5, 5.41) is 24.7. The molecule has 0 heterocycles. The lowest BCUT2D eigenvalue weighted by molar-refractivity contribution is -0.142. The molecule has 11 heteroatoms. The molecule has 3 amide bonds. The summed E-state index contributed by atoms with van der Waals surface area (Å²) >= 11 is 0. The van der Waals surface area contributed by atoms with Gasteiger partial charge in [0.05, 0.1) is 19.7 Å². The van der Waals surface area contributed by atoms with Crippen molar-refractivity contribution >= 4 is 23.7 Å². The minimum Gasteiger partial charge on any atom is -0.480 e. The van der Waals surface area contributed by atoms with E-state index in [1.807, 2.05) is 0 Å². The van der Waals surface area contributed by atoms with Crippen molar-refractivity contribution < 1.29 is 29.4 Å². The Morgan fingerprint density at radius 2 is 1.58 bits per heavy atom. The van der Waals surface area contributed by atoms with Crippen LogP contribution in [0.3, 0.4) is 0 Å². The van der Waals surface area contributed by atoms with Crippen molar-refractivity contribution in [2.24, 2.45) is 11.5 Å². The molecule has 0 aromatic carbocycles. The number of aliphatic carboxylic acids is 1. The minimum absolute atomic E-state index is 0.220. The van der Waals surface area contributed by atoms with Gasteiger partial charge in [0.25, 0.3) is 0 Å². The molecule has 0 bridgehead atoms. The van der Waals surface area contributed by atoms with Gasteiger partial charge < -0.3 is 37.6 Å². The van der Waals surface area contributed by atoms with E-state index >= 15 is 0 Å². The van der Waals surface area contributed by atoms with Crippen molar-refractivity contribution in [1.29, 1.82) is 0 Å². The zero-order valence-electron chi connectivity index (χ0n) is 13.3. The monoisotopic (exact) mass is 347 g/mol. The van der Waals surface area contributed by atoms with Gasteiger partial charge in [0.15, 0.2) is 0 Å². The van der Waals surface area contributed by atoms with Crippen LogP contribution in [0, 0.1) is 0 Å². The Hall–Kier alpha value is -2.24. The van der Waals surface area contributed by atoms with Crippen molar-refractivity contribution in [1.82, 2.24) is 16.0 Å². The molecule has 0 saturated carbocycles. The van der Waals surface area contributed by atoms with Crippen LogP contribution in [0.25, 0.3) is 0 Å². The lowest BCUT2D eigenvalue weighted by Crippen LogP contribution is -2.53. The fourth-order valence-electron chi connectivity index (χ4n) is 1.73. The summed E-state index contributed by atoms with van der Waals surface area (Å²) in [6, 6.07) is -2.32. The maximum atomic E-state index is 11.7. The van der Waals surface area contributed by atoms with Gasteiger partial charge >= 0.3 is 5.97 Å². The van der Waals surface area contributed by atoms with E-state index in [0.717, 1.165) is 0 Å². The molecule has 0 aliphatic heterocycles. The van der Waals surface area contributed by atoms with Gasteiger partial charge in [-0.05, 0) is 25.8 Å². The minimum atomic E-state index is -1.24. The number of aliphatic hydroxyl groups excluding tert-OH is 1. The summed E-state index contributed by atoms with van der Waals surface area (Å²) in [6.45, 7) is -1.09. The van der Waals surface area contributed by atoms with E-state index in [2.05, 4.69) is 16.0 Å². The van der Waals surface area contributed by atoms with Crippen LogP contribution in [0.15, 0.2) is 0 Å². The molecule has 0 aliphatic rings. The van der Waals surface area contributed by atoms with Crippen molar-refractivity contribution in [3.05, 3.63) is 0 Å². The molecule has 0 rings (SSSR count). The van der Waals surface area contributed by atoms with Crippen molar-refractivity contribution in [3.8, 4) is 0 Å². The number of hydrogen-bond donors (Lipinski definition) is 7. The maximum Gasteiger partial charge on any atom is 0.326 e. The summed E-state index contributed by atoms with van der Waals surface area (Å²) in [4.78, 5) is 45.6. The van der Waals surface area contributed by atoms with Crippen molar-refractivity contribution in [2.45, 2.75) is 31.3 Å². The number of rotatable bonds is 12. The number of carbonyl (C=O) groups excluding carboxylic acids is 3. The van der Waals surface area contributed by atoms with E-state index in [4.69, 9.17) is 21.7 Å². The van der Waals surface area contributed by atoms with E-state index in [-0.39, 0.29) is 13.0 Å². The quantitative estimate of drug-likeness (QED) is 0.175. The van der Waals surface area contributed by atoms with Crippen LogP contribution >= 0.6 is 0 Å². The SMILES string of the molecule is NCCCC[C@H](NC(=O)CNC(=O)[C@H](CO)NC(=O)CN)C(=O)O. The lowest BCUT2D eigenvalue weighted by atomic mass is 10.1. The van der Waals surface area contributed by atoms with Crippen molar-refractivity contribution in [3.63, 3.8) is 0 Å². The van der Waals surface area contributed by atoms with Gasteiger partial charge in [0, 0.05) is 0 Å². The van der Waals surface area contributed by atoms with E-state index in [0.29, 0.717) is 19.4 Å². The number of nitrogens with two attached hydrogens (primary N) is 2. The summed E-state index contributed by atoms with van der Waals surface area (Å²) in [5.41, 5.74) is 10.4. The molecule has 0 fully saturated rings. The second-order valence-electron chi connectivity index (χ2n) is 4.97. The van der Waals surface area contributed by atoms with E-state index in [1.54, 1.807) is 0 Å². The normalized spacial score (nSPS) is 12.8. The fraction of sp³-hybridized carbons (Fsp3) is 0.692. The highest BCUT2D eigenvalue weighted by Crippen LogP contribution is 2.00. The van der Waals surface area contributed by atoms with Crippen LogP contribution in [-0.2, 0) is 19.2 Å². The summed E-state index contributed by atoms with van der Waals surface area (Å²) < 4.78 is 0. The molecule has 0 saturated heterocycles.